The van der Waals surface area contributed by atoms with Crippen molar-refractivity contribution in [2.24, 2.45) is 11.7 Å². The maximum atomic E-state index is 12.9. The number of rotatable bonds is 5. The number of ether oxygens (including phenoxy) is 1. The lowest BCUT2D eigenvalue weighted by atomic mass is 9.96. The van der Waals surface area contributed by atoms with E-state index < -0.39 is 16.1 Å². The van der Waals surface area contributed by atoms with Gasteiger partial charge in [-0.15, -0.1) is 0 Å². The number of amides is 3. The third-order valence-corrected chi connectivity index (χ3v) is 7.32. The Morgan fingerprint density at radius 1 is 1.07 bits per heavy atom. The SMILES string of the molecule is CCOc1ccc(S(=O)(=O)N2CCN(C(=O)[C@H]3CCCN(C(N)=O)C3)CC2)cc1. The van der Waals surface area contributed by atoms with Gasteiger partial charge in [0.05, 0.1) is 17.4 Å². The van der Waals surface area contributed by atoms with Crippen LogP contribution in [0.25, 0.3) is 0 Å². The summed E-state index contributed by atoms with van der Waals surface area (Å²) in [5, 5.41) is 0. The van der Waals surface area contributed by atoms with E-state index in [1.165, 1.54) is 21.3 Å². The molecule has 2 fully saturated rings. The number of carbonyl (C=O) groups is 2. The molecule has 0 aliphatic carbocycles. The molecule has 2 aliphatic heterocycles. The summed E-state index contributed by atoms with van der Waals surface area (Å²) < 4.78 is 32.5. The number of hydrogen-bond acceptors (Lipinski definition) is 5. The standard InChI is InChI=1S/C19H28N4O5S/c1-2-28-16-5-7-17(8-6-16)29(26,27)23-12-10-21(11-13-23)18(24)15-4-3-9-22(14-15)19(20)25/h5-8,15H,2-4,9-14H2,1H3,(H2,20,25)/t15-/m0/s1. The molecule has 10 heteroatoms. The molecule has 0 radical (unpaired) electrons. The van der Waals surface area contributed by atoms with Crippen LogP contribution >= 0.6 is 0 Å². The van der Waals surface area contributed by atoms with E-state index >= 15 is 0 Å². The number of sulfonamides is 1. The summed E-state index contributed by atoms with van der Waals surface area (Å²) in [6.45, 7) is 4.45. The normalized spacial score (nSPS) is 21.1. The van der Waals surface area contributed by atoms with Crippen molar-refractivity contribution in [2.75, 3.05) is 45.9 Å². The molecule has 0 bridgehead atoms. The van der Waals surface area contributed by atoms with Crippen molar-refractivity contribution >= 4 is 22.0 Å². The van der Waals surface area contributed by atoms with Gasteiger partial charge in [0.25, 0.3) is 0 Å². The number of piperidine rings is 1. The van der Waals surface area contributed by atoms with Crippen LogP contribution in [0.1, 0.15) is 19.8 Å². The highest BCUT2D eigenvalue weighted by molar-refractivity contribution is 7.89. The second-order valence-corrected chi connectivity index (χ2v) is 9.20. The quantitative estimate of drug-likeness (QED) is 0.748. The smallest absolute Gasteiger partial charge is 0.314 e. The van der Waals surface area contributed by atoms with Crippen molar-refractivity contribution < 1.29 is 22.7 Å². The zero-order valence-corrected chi connectivity index (χ0v) is 17.4. The molecule has 0 saturated carbocycles. The molecule has 0 aromatic heterocycles. The predicted octanol–water partition coefficient (Wildman–Crippen LogP) is 0.709. The van der Waals surface area contributed by atoms with Gasteiger partial charge >= 0.3 is 6.03 Å². The van der Waals surface area contributed by atoms with Gasteiger partial charge in [-0.2, -0.15) is 4.31 Å². The zero-order chi connectivity index (χ0) is 21.0. The lowest BCUT2D eigenvalue weighted by Crippen LogP contribution is -2.54. The number of piperazine rings is 1. The molecule has 160 valence electrons. The van der Waals surface area contributed by atoms with E-state index in [2.05, 4.69) is 0 Å². The summed E-state index contributed by atoms with van der Waals surface area (Å²) in [6, 6.07) is 5.86. The Kier molecular flexibility index (Phi) is 6.63. The van der Waals surface area contributed by atoms with Gasteiger partial charge in [0.1, 0.15) is 5.75 Å². The molecule has 2 heterocycles. The Balaban J connectivity index is 1.59. The van der Waals surface area contributed by atoms with Crippen molar-refractivity contribution in [2.45, 2.75) is 24.7 Å². The van der Waals surface area contributed by atoms with Gasteiger partial charge in [-0.3, -0.25) is 4.79 Å². The van der Waals surface area contributed by atoms with Gasteiger partial charge in [-0.1, -0.05) is 0 Å². The van der Waals surface area contributed by atoms with Crippen LogP contribution in [0, 0.1) is 5.92 Å². The van der Waals surface area contributed by atoms with Crippen LogP contribution in [-0.2, 0) is 14.8 Å². The zero-order valence-electron chi connectivity index (χ0n) is 16.6. The van der Waals surface area contributed by atoms with Crippen molar-refractivity contribution in [1.29, 1.82) is 0 Å². The minimum atomic E-state index is -3.62. The first kappa shape index (κ1) is 21.4. The van der Waals surface area contributed by atoms with E-state index in [-0.39, 0.29) is 29.8 Å². The molecule has 1 aromatic rings. The fourth-order valence-corrected chi connectivity index (χ4v) is 5.23. The van der Waals surface area contributed by atoms with Crippen molar-refractivity contribution in [3.8, 4) is 5.75 Å². The lowest BCUT2D eigenvalue weighted by Gasteiger charge is -2.38. The third kappa shape index (κ3) is 4.81. The van der Waals surface area contributed by atoms with Crippen LogP contribution in [-0.4, -0.2) is 80.3 Å². The minimum Gasteiger partial charge on any atom is -0.494 e. The highest BCUT2D eigenvalue weighted by Gasteiger charge is 2.34. The summed E-state index contributed by atoms with van der Waals surface area (Å²) >= 11 is 0. The number of nitrogens with two attached hydrogens (primary N) is 1. The van der Waals surface area contributed by atoms with E-state index in [0.29, 0.717) is 45.0 Å². The average molecular weight is 425 g/mol. The minimum absolute atomic E-state index is 0.0333. The first-order valence-corrected chi connectivity index (χ1v) is 11.3. The maximum Gasteiger partial charge on any atom is 0.314 e. The lowest BCUT2D eigenvalue weighted by molar-refractivity contribution is -0.138. The summed E-state index contributed by atoms with van der Waals surface area (Å²) in [4.78, 5) is 27.6. The molecule has 1 aromatic carbocycles. The second kappa shape index (κ2) is 9.00. The van der Waals surface area contributed by atoms with E-state index in [1.54, 1.807) is 17.0 Å². The molecule has 3 rings (SSSR count). The molecular formula is C19H28N4O5S. The van der Waals surface area contributed by atoms with Gasteiger partial charge in [0.15, 0.2) is 0 Å². The van der Waals surface area contributed by atoms with E-state index in [1.807, 2.05) is 6.92 Å². The molecule has 2 aliphatic rings. The summed E-state index contributed by atoms with van der Waals surface area (Å²) in [5.41, 5.74) is 5.34. The highest BCUT2D eigenvalue weighted by atomic mass is 32.2. The van der Waals surface area contributed by atoms with Crippen molar-refractivity contribution in [3.05, 3.63) is 24.3 Å². The number of carbonyl (C=O) groups excluding carboxylic acids is 2. The fourth-order valence-electron chi connectivity index (χ4n) is 3.81. The Bertz CT molecular complexity index is 835. The maximum absolute atomic E-state index is 12.9. The highest BCUT2D eigenvalue weighted by Crippen LogP contribution is 2.23. The summed E-state index contributed by atoms with van der Waals surface area (Å²) in [6.07, 6.45) is 1.46. The fraction of sp³-hybridized carbons (Fsp3) is 0.579. The molecule has 2 N–H and O–H groups in total. The molecule has 9 nitrogen and oxygen atoms in total. The van der Waals surface area contributed by atoms with Crippen LogP contribution < -0.4 is 10.5 Å². The predicted molar refractivity (Wildman–Crippen MR) is 107 cm³/mol. The average Bonchev–Trinajstić information content (AvgIpc) is 2.74. The number of likely N-dealkylation sites (tertiary alicyclic amines) is 1. The van der Waals surface area contributed by atoms with Gasteiger partial charge in [-0.25, -0.2) is 13.2 Å². The molecule has 1 atom stereocenters. The molecular weight excluding hydrogens is 396 g/mol. The van der Waals surface area contributed by atoms with E-state index in [9.17, 15) is 18.0 Å². The number of urea groups is 1. The van der Waals surface area contributed by atoms with Crippen LogP contribution in [0.5, 0.6) is 5.75 Å². The molecule has 2 saturated heterocycles. The largest absolute Gasteiger partial charge is 0.494 e. The van der Waals surface area contributed by atoms with E-state index in [4.69, 9.17) is 10.5 Å². The Hall–Kier alpha value is -2.33. The Morgan fingerprint density at radius 2 is 1.72 bits per heavy atom. The molecule has 0 unspecified atom stereocenters. The summed E-state index contributed by atoms with van der Waals surface area (Å²) in [7, 11) is -3.62. The molecule has 3 amide bonds. The van der Waals surface area contributed by atoms with Gasteiger partial charge < -0.3 is 20.3 Å². The number of hydrogen-bond donors (Lipinski definition) is 1. The van der Waals surface area contributed by atoms with Gasteiger partial charge in [0.2, 0.25) is 15.9 Å². The monoisotopic (exact) mass is 424 g/mol. The van der Waals surface area contributed by atoms with Crippen LogP contribution in [0.15, 0.2) is 29.2 Å². The Labute approximate surface area is 171 Å². The topological polar surface area (TPSA) is 113 Å². The number of benzene rings is 1. The van der Waals surface area contributed by atoms with Gasteiger partial charge in [0, 0.05) is 39.3 Å². The van der Waals surface area contributed by atoms with Crippen LogP contribution in [0.2, 0.25) is 0 Å². The van der Waals surface area contributed by atoms with Crippen LogP contribution in [0.3, 0.4) is 0 Å². The molecule has 0 spiro atoms. The third-order valence-electron chi connectivity index (χ3n) is 5.41. The Morgan fingerprint density at radius 3 is 2.31 bits per heavy atom. The van der Waals surface area contributed by atoms with Gasteiger partial charge in [-0.05, 0) is 44.0 Å². The van der Waals surface area contributed by atoms with E-state index in [0.717, 1.165) is 6.42 Å². The van der Waals surface area contributed by atoms with Crippen molar-refractivity contribution in [3.63, 3.8) is 0 Å². The summed E-state index contributed by atoms with van der Waals surface area (Å²) in [5.74, 6) is 0.318. The number of primary amides is 1. The first-order chi connectivity index (χ1) is 13.8. The number of nitrogens with zero attached hydrogens (tertiary/aromatic N) is 3. The first-order valence-electron chi connectivity index (χ1n) is 9.89. The second-order valence-electron chi connectivity index (χ2n) is 7.26. The molecule has 29 heavy (non-hydrogen) atoms. The van der Waals surface area contributed by atoms with Crippen LogP contribution in [0.4, 0.5) is 4.79 Å². The van der Waals surface area contributed by atoms with Crippen molar-refractivity contribution in [1.82, 2.24) is 14.1 Å².